The summed E-state index contributed by atoms with van der Waals surface area (Å²) in [6, 6.07) is 7.31. The minimum absolute atomic E-state index is 0.0966. The third-order valence-corrected chi connectivity index (χ3v) is 5.90. The fourth-order valence-corrected chi connectivity index (χ4v) is 4.22. The zero-order valence-electron chi connectivity index (χ0n) is 15.0. The van der Waals surface area contributed by atoms with Gasteiger partial charge in [-0.05, 0) is 26.0 Å². The number of benzene rings is 1. The first-order valence-corrected chi connectivity index (χ1v) is 10.9. The maximum Gasteiger partial charge on any atom is 0.236 e. The molecule has 1 amide bonds. The monoisotopic (exact) mass is 425 g/mol. The Labute approximate surface area is 171 Å². The quantitative estimate of drug-likeness (QED) is 0.684. The Balaban J connectivity index is 1.63. The van der Waals surface area contributed by atoms with Crippen molar-refractivity contribution in [3.05, 3.63) is 35.1 Å². The molecule has 1 unspecified atom stereocenters. The van der Waals surface area contributed by atoms with Gasteiger partial charge in [0.1, 0.15) is 5.75 Å². The van der Waals surface area contributed by atoms with Crippen molar-refractivity contribution in [3.8, 4) is 5.75 Å². The average molecular weight is 426 g/mol. The van der Waals surface area contributed by atoms with Crippen LogP contribution in [0.2, 0.25) is 5.02 Å². The SMILES string of the molecule is CCn1c(SCC(=O)NC2=NCCS2)nnc1C(C)Oc1ccccc1Cl. The van der Waals surface area contributed by atoms with E-state index in [2.05, 4.69) is 20.5 Å². The van der Waals surface area contributed by atoms with Crippen molar-refractivity contribution in [2.75, 3.05) is 18.1 Å². The van der Waals surface area contributed by atoms with Crippen LogP contribution in [-0.4, -0.2) is 43.9 Å². The molecule has 1 N–H and O–H groups in total. The molecular weight excluding hydrogens is 406 g/mol. The van der Waals surface area contributed by atoms with E-state index >= 15 is 0 Å². The second-order valence-electron chi connectivity index (χ2n) is 5.65. The van der Waals surface area contributed by atoms with Crippen LogP contribution in [-0.2, 0) is 11.3 Å². The Bertz CT molecular complexity index is 842. The topological polar surface area (TPSA) is 81.4 Å². The van der Waals surface area contributed by atoms with Gasteiger partial charge in [0.15, 0.2) is 22.3 Å². The highest BCUT2D eigenvalue weighted by Gasteiger charge is 2.20. The molecule has 2 heterocycles. The number of amides is 1. The van der Waals surface area contributed by atoms with E-state index in [0.717, 1.165) is 12.3 Å². The van der Waals surface area contributed by atoms with Gasteiger partial charge in [0.25, 0.3) is 0 Å². The van der Waals surface area contributed by atoms with Gasteiger partial charge < -0.3 is 14.6 Å². The highest BCUT2D eigenvalue weighted by atomic mass is 35.5. The predicted molar refractivity (Wildman–Crippen MR) is 110 cm³/mol. The number of carbonyl (C=O) groups excluding carboxylic acids is 1. The second kappa shape index (κ2) is 9.48. The van der Waals surface area contributed by atoms with E-state index < -0.39 is 0 Å². The fourth-order valence-electron chi connectivity index (χ4n) is 2.48. The van der Waals surface area contributed by atoms with Gasteiger partial charge in [-0.2, -0.15) is 0 Å². The molecule has 27 heavy (non-hydrogen) atoms. The highest BCUT2D eigenvalue weighted by molar-refractivity contribution is 8.14. The number of aromatic nitrogens is 3. The molecular formula is C17H20ClN5O2S2. The molecule has 0 fully saturated rings. The number of amidine groups is 1. The summed E-state index contributed by atoms with van der Waals surface area (Å²) in [4.78, 5) is 16.3. The zero-order chi connectivity index (χ0) is 19.2. The fraction of sp³-hybridized carbons (Fsp3) is 0.412. The first-order chi connectivity index (χ1) is 13.1. The zero-order valence-corrected chi connectivity index (χ0v) is 17.4. The van der Waals surface area contributed by atoms with E-state index in [9.17, 15) is 4.79 Å². The van der Waals surface area contributed by atoms with Crippen molar-refractivity contribution in [2.24, 2.45) is 4.99 Å². The van der Waals surface area contributed by atoms with E-state index in [-0.39, 0.29) is 17.8 Å². The molecule has 1 aliphatic heterocycles. The third-order valence-electron chi connectivity index (χ3n) is 3.73. The number of hydrogen-bond donors (Lipinski definition) is 1. The normalized spacial score (nSPS) is 14.7. The van der Waals surface area contributed by atoms with Gasteiger partial charge in [0.2, 0.25) is 5.91 Å². The summed E-state index contributed by atoms with van der Waals surface area (Å²) in [5, 5.41) is 13.2. The number of aliphatic imine (C=N–C) groups is 1. The standard InChI is InChI=1S/C17H20ClN5O2S2/c1-3-23-15(11(2)25-13-7-5-4-6-12(13)18)21-22-17(23)27-10-14(24)20-16-19-8-9-26-16/h4-7,11H,3,8-10H2,1-2H3,(H,19,20,24). The van der Waals surface area contributed by atoms with Crippen molar-refractivity contribution < 1.29 is 9.53 Å². The number of nitrogens with one attached hydrogen (secondary N) is 1. The van der Waals surface area contributed by atoms with Gasteiger partial charge in [0, 0.05) is 12.3 Å². The Morgan fingerprint density at radius 2 is 2.26 bits per heavy atom. The number of para-hydroxylation sites is 1. The molecule has 7 nitrogen and oxygen atoms in total. The molecule has 0 radical (unpaired) electrons. The molecule has 0 spiro atoms. The first-order valence-electron chi connectivity index (χ1n) is 8.52. The molecule has 0 bridgehead atoms. The molecule has 144 valence electrons. The molecule has 0 saturated carbocycles. The Morgan fingerprint density at radius 3 is 2.96 bits per heavy atom. The number of ether oxygens (including phenoxy) is 1. The first kappa shape index (κ1) is 20.0. The van der Waals surface area contributed by atoms with Crippen molar-refractivity contribution in [1.29, 1.82) is 0 Å². The van der Waals surface area contributed by atoms with Crippen LogP contribution in [0.15, 0.2) is 34.4 Å². The predicted octanol–water partition coefficient (Wildman–Crippen LogP) is 3.40. The molecule has 10 heteroatoms. The van der Waals surface area contributed by atoms with Crippen LogP contribution in [0.3, 0.4) is 0 Å². The Hall–Kier alpha value is -1.71. The maximum atomic E-state index is 12.1. The van der Waals surface area contributed by atoms with Crippen molar-refractivity contribution in [2.45, 2.75) is 31.7 Å². The number of hydrogen-bond acceptors (Lipinski definition) is 7. The van der Waals surface area contributed by atoms with E-state index in [1.165, 1.54) is 11.8 Å². The smallest absolute Gasteiger partial charge is 0.236 e. The Morgan fingerprint density at radius 1 is 1.44 bits per heavy atom. The molecule has 0 saturated heterocycles. The van der Waals surface area contributed by atoms with Gasteiger partial charge in [-0.25, -0.2) is 0 Å². The molecule has 3 rings (SSSR count). The van der Waals surface area contributed by atoms with Crippen molar-refractivity contribution in [1.82, 2.24) is 20.1 Å². The number of thioether (sulfide) groups is 2. The number of rotatable bonds is 7. The van der Waals surface area contributed by atoms with Crippen LogP contribution in [0.25, 0.3) is 0 Å². The third kappa shape index (κ3) is 5.18. The van der Waals surface area contributed by atoms with E-state index in [1.54, 1.807) is 17.8 Å². The molecule has 1 aromatic heterocycles. The van der Waals surface area contributed by atoms with Crippen LogP contribution < -0.4 is 10.1 Å². The molecule has 1 aliphatic rings. The van der Waals surface area contributed by atoms with Crippen LogP contribution in [0.5, 0.6) is 5.75 Å². The van der Waals surface area contributed by atoms with E-state index in [0.29, 0.717) is 33.5 Å². The van der Waals surface area contributed by atoms with Crippen LogP contribution in [0.1, 0.15) is 25.8 Å². The van der Waals surface area contributed by atoms with Crippen molar-refractivity contribution >= 4 is 46.2 Å². The second-order valence-corrected chi connectivity index (χ2v) is 8.08. The molecule has 0 aliphatic carbocycles. The van der Waals surface area contributed by atoms with Crippen molar-refractivity contribution in [3.63, 3.8) is 0 Å². The lowest BCUT2D eigenvalue weighted by Crippen LogP contribution is -2.29. The number of carbonyl (C=O) groups is 1. The summed E-state index contributed by atoms with van der Waals surface area (Å²) in [6.45, 7) is 5.33. The lowest BCUT2D eigenvalue weighted by Gasteiger charge is -2.16. The summed E-state index contributed by atoms with van der Waals surface area (Å²) < 4.78 is 7.88. The van der Waals surface area contributed by atoms with E-state index in [1.807, 2.05) is 36.6 Å². The maximum absolute atomic E-state index is 12.1. The summed E-state index contributed by atoms with van der Waals surface area (Å²) in [7, 11) is 0. The van der Waals surface area contributed by atoms with E-state index in [4.69, 9.17) is 16.3 Å². The summed E-state index contributed by atoms with van der Waals surface area (Å²) in [6.07, 6.45) is -0.329. The lowest BCUT2D eigenvalue weighted by atomic mass is 10.3. The number of halogens is 1. The van der Waals surface area contributed by atoms with Gasteiger partial charge in [0.05, 0.1) is 17.3 Å². The number of nitrogens with zero attached hydrogens (tertiary/aromatic N) is 4. The minimum Gasteiger partial charge on any atom is -0.481 e. The van der Waals surface area contributed by atoms with Gasteiger partial charge >= 0.3 is 0 Å². The van der Waals surface area contributed by atoms with Crippen LogP contribution in [0.4, 0.5) is 0 Å². The largest absolute Gasteiger partial charge is 0.481 e. The minimum atomic E-state index is -0.329. The molecule has 1 aromatic carbocycles. The van der Waals surface area contributed by atoms with Gasteiger partial charge in [-0.3, -0.25) is 9.79 Å². The van der Waals surface area contributed by atoms with Crippen LogP contribution in [0, 0.1) is 0 Å². The molecule has 1 atom stereocenters. The summed E-state index contributed by atoms with van der Waals surface area (Å²) in [5.74, 6) is 2.36. The van der Waals surface area contributed by atoms with Gasteiger partial charge in [-0.15, -0.1) is 10.2 Å². The molecule has 2 aromatic rings. The summed E-state index contributed by atoms with van der Waals surface area (Å²) >= 11 is 9.06. The highest BCUT2D eigenvalue weighted by Crippen LogP contribution is 2.29. The van der Waals surface area contributed by atoms with Gasteiger partial charge in [-0.1, -0.05) is 47.3 Å². The van der Waals surface area contributed by atoms with Crippen LogP contribution >= 0.6 is 35.1 Å². The Kier molecular flexibility index (Phi) is 7.03. The average Bonchev–Trinajstić information content (AvgIpc) is 3.31. The summed E-state index contributed by atoms with van der Waals surface area (Å²) in [5.41, 5.74) is 0. The lowest BCUT2D eigenvalue weighted by molar-refractivity contribution is -0.117.